The fourth-order valence-corrected chi connectivity index (χ4v) is 7.10. The summed E-state index contributed by atoms with van der Waals surface area (Å²) >= 11 is 5.83. The second-order valence-electron chi connectivity index (χ2n) is 6.01. The van der Waals surface area contributed by atoms with Crippen molar-refractivity contribution in [1.29, 1.82) is 0 Å². The smallest absolute Gasteiger partial charge is 0.306 e. The maximum absolute atomic E-state index is 12.2. The van der Waals surface area contributed by atoms with Crippen LogP contribution in [0.3, 0.4) is 0 Å². The highest BCUT2D eigenvalue weighted by Crippen LogP contribution is 2.39. The summed E-state index contributed by atoms with van der Waals surface area (Å²) in [4.78, 5) is 11.9. The number of amidine groups is 1. The van der Waals surface area contributed by atoms with Crippen molar-refractivity contribution in [2.75, 3.05) is 17.7 Å². The Morgan fingerprint density at radius 3 is 3.00 bits per heavy atom. The van der Waals surface area contributed by atoms with Crippen LogP contribution in [0.2, 0.25) is 5.02 Å². The molecule has 0 bridgehead atoms. The number of nitrogens with zero attached hydrogens (tertiary/aromatic N) is 1. The normalized spacial score (nSPS) is 20.8. The number of anilines is 1. The molecule has 0 aromatic heterocycles. The molecule has 0 radical (unpaired) electrons. The molecule has 1 atom stereocenters. The van der Waals surface area contributed by atoms with Crippen molar-refractivity contribution in [3.63, 3.8) is 0 Å². The zero-order chi connectivity index (χ0) is 18.6. The summed E-state index contributed by atoms with van der Waals surface area (Å²) in [7, 11) is 0.00475. The quantitative estimate of drug-likeness (QED) is 0.392. The molecule has 0 saturated carbocycles. The molecule has 0 spiro atoms. The van der Waals surface area contributed by atoms with Crippen LogP contribution in [0.15, 0.2) is 27.5 Å². The molecule has 1 N–H and O–H groups in total. The first-order valence-corrected chi connectivity index (χ1v) is 12.5. The third-order valence-corrected chi connectivity index (χ3v) is 8.58. The van der Waals surface area contributed by atoms with E-state index in [2.05, 4.69) is 9.71 Å². The highest BCUT2D eigenvalue weighted by Gasteiger charge is 2.25. The van der Waals surface area contributed by atoms with Crippen molar-refractivity contribution in [2.45, 2.75) is 42.2 Å². The standard InChI is InChI=1S/C16H19ClN2O4S3/c17-11-5-6-13-14(9-11)26(21,22)19-15(18-13)10-23-16(20)4-2-1-3-12-7-8-24-25-12/h5-6,9,12H,1-4,7-8,10H2,(H,18,19)/t12-/m0/s1. The molecule has 1 aromatic rings. The lowest BCUT2D eigenvalue weighted by atomic mass is 10.1. The predicted molar refractivity (Wildman–Crippen MR) is 108 cm³/mol. The number of fused-ring (bicyclic) bond motifs is 1. The molecule has 6 nitrogen and oxygen atoms in total. The van der Waals surface area contributed by atoms with Crippen molar-refractivity contribution in [3.05, 3.63) is 23.2 Å². The van der Waals surface area contributed by atoms with Crippen LogP contribution in [0.1, 0.15) is 32.1 Å². The van der Waals surface area contributed by atoms with E-state index in [4.69, 9.17) is 16.3 Å². The number of ether oxygens (including phenoxy) is 1. The average molecular weight is 435 g/mol. The summed E-state index contributed by atoms with van der Waals surface area (Å²) in [6.45, 7) is -0.199. The number of benzene rings is 1. The second kappa shape index (κ2) is 8.86. The van der Waals surface area contributed by atoms with Crippen LogP contribution in [-0.2, 0) is 19.6 Å². The molecule has 2 heterocycles. The molecule has 10 heteroatoms. The summed E-state index contributed by atoms with van der Waals surface area (Å²) in [6, 6.07) is 4.48. The first-order chi connectivity index (χ1) is 12.4. The van der Waals surface area contributed by atoms with Crippen LogP contribution in [0.4, 0.5) is 5.69 Å². The second-order valence-corrected chi connectivity index (χ2v) is 10.8. The Balaban J connectivity index is 1.45. The van der Waals surface area contributed by atoms with E-state index in [1.807, 2.05) is 21.6 Å². The van der Waals surface area contributed by atoms with Crippen LogP contribution < -0.4 is 5.32 Å². The number of rotatable bonds is 7. The Kier molecular flexibility index (Phi) is 6.76. The number of nitrogens with one attached hydrogen (secondary N) is 1. The van der Waals surface area contributed by atoms with Gasteiger partial charge < -0.3 is 10.1 Å². The van der Waals surface area contributed by atoms with Crippen LogP contribution in [0, 0.1) is 0 Å². The Bertz CT molecular complexity index is 808. The number of carbonyl (C=O) groups excluding carboxylic acids is 1. The summed E-state index contributed by atoms with van der Waals surface area (Å²) in [5.74, 6) is 0.958. The van der Waals surface area contributed by atoms with Gasteiger partial charge in [-0.25, -0.2) is 0 Å². The lowest BCUT2D eigenvalue weighted by Gasteiger charge is -2.18. The molecule has 2 aliphatic heterocycles. The van der Waals surface area contributed by atoms with Gasteiger partial charge in [-0.2, -0.15) is 8.42 Å². The monoisotopic (exact) mass is 434 g/mol. The van der Waals surface area contributed by atoms with Gasteiger partial charge >= 0.3 is 5.97 Å². The van der Waals surface area contributed by atoms with Gasteiger partial charge in [-0.05, 0) is 37.5 Å². The molecule has 26 heavy (non-hydrogen) atoms. The van der Waals surface area contributed by atoms with Gasteiger partial charge in [-0.3, -0.25) is 4.79 Å². The Morgan fingerprint density at radius 2 is 2.23 bits per heavy atom. The number of halogens is 1. The highest BCUT2D eigenvalue weighted by molar-refractivity contribution is 8.77. The van der Waals surface area contributed by atoms with E-state index in [1.54, 1.807) is 12.1 Å². The zero-order valence-electron chi connectivity index (χ0n) is 13.9. The van der Waals surface area contributed by atoms with Gasteiger partial charge in [0.2, 0.25) is 0 Å². The first-order valence-electron chi connectivity index (χ1n) is 8.28. The number of esters is 1. The van der Waals surface area contributed by atoms with Crippen molar-refractivity contribution in [3.8, 4) is 0 Å². The number of unbranched alkanes of at least 4 members (excludes halogenated alkanes) is 1. The third kappa shape index (κ3) is 5.31. The lowest BCUT2D eigenvalue weighted by molar-refractivity contribution is -0.142. The van der Waals surface area contributed by atoms with Gasteiger partial charge in [0, 0.05) is 22.4 Å². The van der Waals surface area contributed by atoms with Gasteiger partial charge in [0.25, 0.3) is 10.0 Å². The minimum absolute atomic E-state index is 0.0167. The Hall–Kier alpha value is -0.900. The summed E-state index contributed by atoms with van der Waals surface area (Å²) in [5.41, 5.74) is 0.377. The molecule has 0 amide bonds. The third-order valence-electron chi connectivity index (χ3n) is 3.99. The number of hydrogen-bond acceptors (Lipinski definition) is 7. The van der Waals surface area contributed by atoms with Gasteiger partial charge in [0.1, 0.15) is 11.5 Å². The Morgan fingerprint density at radius 1 is 1.38 bits per heavy atom. The van der Waals surface area contributed by atoms with Crippen molar-refractivity contribution >= 4 is 60.7 Å². The predicted octanol–water partition coefficient (Wildman–Crippen LogP) is 4.11. The molecular formula is C16H19ClN2O4S3. The topological polar surface area (TPSA) is 84.8 Å². The molecule has 1 aromatic carbocycles. The molecule has 142 valence electrons. The van der Waals surface area contributed by atoms with Crippen LogP contribution in [0.5, 0.6) is 0 Å². The van der Waals surface area contributed by atoms with Gasteiger partial charge in [-0.1, -0.05) is 39.6 Å². The minimum Gasteiger partial charge on any atom is -0.457 e. The van der Waals surface area contributed by atoms with E-state index in [0.29, 0.717) is 22.4 Å². The molecule has 3 rings (SSSR count). The van der Waals surface area contributed by atoms with Crippen LogP contribution >= 0.6 is 33.2 Å². The van der Waals surface area contributed by atoms with E-state index in [0.717, 1.165) is 19.3 Å². The SMILES string of the molecule is O=C(CCCC[C@H]1CCSS1)OCC1=NS(=O)(=O)c2cc(Cl)ccc2N1. The maximum atomic E-state index is 12.2. The summed E-state index contributed by atoms with van der Waals surface area (Å²) < 4.78 is 33.2. The highest BCUT2D eigenvalue weighted by atomic mass is 35.5. The van der Waals surface area contributed by atoms with Crippen molar-refractivity contribution < 1.29 is 17.9 Å². The lowest BCUT2D eigenvalue weighted by Crippen LogP contribution is -2.27. The first kappa shape index (κ1) is 19.9. The van der Waals surface area contributed by atoms with Crippen molar-refractivity contribution in [2.24, 2.45) is 4.40 Å². The molecule has 0 aliphatic carbocycles. The molecule has 1 fully saturated rings. The van der Waals surface area contributed by atoms with E-state index in [9.17, 15) is 13.2 Å². The zero-order valence-corrected chi connectivity index (χ0v) is 17.1. The average Bonchev–Trinajstić information content (AvgIpc) is 3.11. The fourth-order valence-electron chi connectivity index (χ4n) is 2.67. The summed E-state index contributed by atoms with van der Waals surface area (Å²) in [5, 5.41) is 3.89. The summed E-state index contributed by atoms with van der Waals surface area (Å²) in [6.07, 6.45) is 4.47. The van der Waals surface area contributed by atoms with Crippen LogP contribution in [-0.4, -0.2) is 37.8 Å². The van der Waals surface area contributed by atoms with Crippen LogP contribution in [0.25, 0.3) is 0 Å². The molecule has 1 saturated heterocycles. The van der Waals surface area contributed by atoms with Crippen molar-refractivity contribution in [1.82, 2.24) is 0 Å². The number of carbonyl (C=O) groups is 1. The van der Waals surface area contributed by atoms with Gasteiger partial charge in [0.15, 0.2) is 5.84 Å². The number of hydrogen-bond donors (Lipinski definition) is 1. The van der Waals surface area contributed by atoms with E-state index in [-0.39, 0.29) is 23.3 Å². The van der Waals surface area contributed by atoms with Gasteiger partial charge in [0.05, 0.1) is 5.69 Å². The van der Waals surface area contributed by atoms with E-state index in [1.165, 1.54) is 18.2 Å². The molecular weight excluding hydrogens is 416 g/mol. The minimum atomic E-state index is -3.85. The number of sulfonamides is 1. The van der Waals surface area contributed by atoms with E-state index < -0.39 is 10.0 Å². The van der Waals surface area contributed by atoms with Gasteiger partial charge in [-0.15, -0.1) is 4.40 Å². The molecule has 0 unspecified atom stereocenters. The van der Waals surface area contributed by atoms with E-state index >= 15 is 0 Å². The molecule has 2 aliphatic rings. The largest absolute Gasteiger partial charge is 0.457 e. The maximum Gasteiger partial charge on any atom is 0.306 e. The fraction of sp³-hybridized carbons (Fsp3) is 0.500. The Labute approximate surface area is 165 Å².